The topological polar surface area (TPSA) is 170 Å². The third-order valence-corrected chi connectivity index (χ3v) is 20.5. The number of hydrazone groups is 2. The van der Waals surface area contributed by atoms with Gasteiger partial charge in [0.15, 0.2) is 11.3 Å². The number of fused-ring (bicyclic) bond motifs is 19. The zero-order valence-electron chi connectivity index (χ0n) is 61.6. The van der Waals surface area contributed by atoms with Crippen molar-refractivity contribution in [3.05, 3.63) is 122 Å². The van der Waals surface area contributed by atoms with E-state index < -0.39 is 373 Å². The number of carboxylic acids is 1. The van der Waals surface area contributed by atoms with Gasteiger partial charge in [-0.25, -0.2) is 4.79 Å². The average Bonchev–Trinajstić information content (AvgIpc) is 1.52. The Morgan fingerprint density at radius 2 is 0.692 bits per heavy atom. The van der Waals surface area contributed by atoms with Gasteiger partial charge in [0, 0.05) is 56.3 Å². The Bertz CT molecular complexity index is 6590. The van der Waals surface area contributed by atoms with Gasteiger partial charge >= 0.3 is 133 Å². The molecule has 13 rings (SSSR count). The van der Waals surface area contributed by atoms with Crippen LogP contribution in [0.1, 0.15) is 38.9 Å². The van der Waals surface area contributed by atoms with E-state index in [1.54, 1.807) is 0 Å². The Balaban J connectivity index is 1.49. The van der Waals surface area contributed by atoms with Crippen LogP contribution in [0.5, 0.6) is 34.5 Å². The molecule has 6 aromatic carbocycles. The molecular formula is C67H23F48N9O8S+2. The molecule has 1 unspecified atom stereocenters. The molecule has 3 N–H and O–H groups in total. The maximum absolute atomic E-state index is 17.3. The Morgan fingerprint density at radius 3 is 1.03 bits per heavy atom. The van der Waals surface area contributed by atoms with Gasteiger partial charge in [-0.05, 0) is 11.6 Å². The Labute approximate surface area is 696 Å². The van der Waals surface area contributed by atoms with Crippen molar-refractivity contribution in [2.24, 2.45) is 29.1 Å². The molecular weight excluding hydrogens is 2000 g/mol. The Kier molecular flexibility index (Phi) is 21.5. The lowest BCUT2D eigenvalue weighted by atomic mass is 9.96. The lowest BCUT2D eigenvalue weighted by Gasteiger charge is -2.33. The number of anilines is 1. The minimum Gasteiger partial charge on any atom is -0.478 e. The molecule has 133 heavy (non-hydrogen) atoms. The summed E-state index contributed by atoms with van der Waals surface area (Å²) >= 11 is -1.25. The number of nitrogens with zero attached hydrogens (tertiary/aromatic N) is 7. The standard InChI is InChI=1S/C67H21F48N9O8S/c1-121-39-24-25(33(128-51(75,58(86,87)88)59(89,90)91)17-10-4-3-9-16(17)32(24)127-50(74,56(80,81)82)57(83,84)85)40(121)117-43-28-29(37(132-55(79,66(110,111)112)67(113,114)115)21-14-8-7-13-20(21)36(28)131-54(78,64(104,105)106)65(107,108)109)45-119-46-38-30(31(49(71,72)73)23(133-38)15-22(47(125)126)48(68,69)70)41(122(46)2)118-44-27-26(42(116-39)123(44)120-124(43)45)34(129-52(76,60(92,93)94)61(95,96)97)18-11-5-6-12-19(18)35(27)130-53(77,62(98,99)100)63(101,102)103/h3-15,42H,1-2H3,(H-,116,119,120,125,126)/p+2. The number of benzene rings is 6. The van der Waals surface area contributed by atoms with Crippen LogP contribution in [0.4, 0.5) is 222 Å². The molecule has 4 aliphatic heterocycles. The fourth-order valence-corrected chi connectivity index (χ4v) is 14.8. The zero-order chi connectivity index (χ0) is 100. The molecule has 66 heteroatoms. The molecule has 0 radical (unpaired) electrons. The maximum Gasteiger partial charge on any atom is 0.470 e. The zero-order valence-corrected chi connectivity index (χ0v) is 62.4. The lowest BCUT2D eigenvalue weighted by Crippen LogP contribution is -2.58. The molecule has 6 bridgehead atoms. The summed E-state index contributed by atoms with van der Waals surface area (Å²) in [6.07, 6.45) is -116. The van der Waals surface area contributed by atoms with Gasteiger partial charge in [0.25, 0.3) is 23.3 Å². The fraction of sp³-hybridized carbons (Fsp3) is 0.343. The molecule has 0 amide bonds. The molecule has 0 fully saturated rings. The van der Waals surface area contributed by atoms with E-state index in [9.17, 15) is 23.1 Å². The maximum atomic E-state index is 17.3. The first-order valence-corrected chi connectivity index (χ1v) is 34.6. The molecule has 7 heterocycles. The highest BCUT2D eigenvalue weighted by molar-refractivity contribution is 7.20. The van der Waals surface area contributed by atoms with E-state index in [2.05, 4.69) is 43.4 Å². The predicted octanol–water partition coefficient (Wildman–Crippen LogP) is 22.4. The van der Waals surface area contributed by atoms with Crippen molar-refractivity contribution in [2.75, 3.05) is 5.32 Å². The molecule has 9 aromatic rings. The van der Waals surface area contributed by atoms with Crippen molar-refractivity contribution in [3.63, 3.8) is 0 Å². The van der Waals surface area contributed by atoms with Crippen molar-refractivity contribution >= 4 is 106 Å². The molecule has 3 aromatic heterocycles. The number of aliphatic carboxylic acids is 1. The predicted molar refractivity (Wildman–Crippen MR) is 342 cm³/mol. The number of ether oxygens (including phenoxy) is 6. The summed E-state index contributed by atoms with van der Waals surface area (Å²) in [5.74, 6) is -85.6. The van der Waals surface area contributed by atoms with Gasteiger partial charge in [-0.3, -0.25) is 4.57 Å². The van der Waals surface area contributed by atoms with Crippen molar-refractivity contribution in [3.8, 4) is 34.5 Å². The van der Waals surface area contributed by atoms with Crippen molar-refractivity contribution in [2.45, 2.75) is 128 Å². The van der Waals surface area contributed by atoms with Gasteiger partial charge < -0.3 is 43.4 Å². The number of hydrogen-bond acceptors (Lipinski definition) is 13. The van der Waals surface area contributed by atoms with E-state index >= 15 is 198 Å². The number of hydrazine groups is 2. The van der Waals surface area contributed by atoms with Gasteiger partial charge in [-0.1, -0.05) is 82.2 Å². The Morgan fingerprint density at radius 1 is 0.383 bits per heavy atom. The molecule has 0 spiro atoms. The number of nitrogens with one attached hydrogen (secondary N) is 2. The second-order valence-corrected chi connectivity index (χ2v) is 28.6. The Hall–Kier alpha value is -12.3. The van der Waals surface area contributed by atoms with Crippen molar-refractivity contribution in [1.29, 1.82) is 0 Å². The number of halogens is 48. The number of carbonyl (C=O) groups is 1. The van der Waals surface area contributed by atoms with Gasteiger partial charge in [0.1, 0.15) is 62.6 Å². The molecule has 17 nitrogen and oxygen atoms in total. The van der Waals surface area contributed by atoms with Crippen molar-refractivity contribution in [1.82, 2.24) is 14.7 Å². The van der Waals surface area contributed by atoms with E-state index in [1.807, 2.05) is 0 Å². The minimum absolute atomic E-state index is 0.000430. The number of rotatable bonds is 14. The third kappa shape index (κ3) is 14.5. The number of aromatic nitrogens is 2. The van der Waals surface area contributed by atoms with Gasteiger partial charge in [-0.15, -0.1) is 11.3 Å². The highest BCUT2D eigenvalue weighted by atomic mass is 32.1. The van der Waals surface area contributed by atoms with Crippen LogP contribution in [0.2, 0.25) is 0 Å². The van der Waals surface area contributed by atoms with E-state index in [4.69, 9.17) is 0 Å². The number of thiophene rings is 1. The highest BCUT2D eigenvalue weighted by Crippen LogP contribution is 2.64. The fourth-order valence-electron chi connectivity index (χ4n) is 13.5. The second-order valence-electron chi connectivity index (χ2n) is 27.6. The normalized spacial score (nSPS) is 16.6. The first kappa shape index (κ1) is 98.2. The van der Waals surface area contributed by atoms with Crippen molar-refractivity contribution < 1.29 is 258 Å². The average molecular weight is 2030 g/mol. The summed E-state index contributed by atoms with van der Waals surface area (Å²) < 4.78 is 771. The molecule has 0 aliphatic carbocycles. The van der Waals surface area contributed by atoms with Crippen LogP contribution in [0.25, 0.3) is 59.3 Å². The van der Waals surface area contributed by atoms with Crippen LogP contribution in [0.15, 0.2) is 93.3 Å². The quantitative estimate of drug-likeness (QED) is 0.0541. The smallest absolute Gasteiger partial charge is 0.470 e. The van der Waals surface area contributed by atoms with Crippen LogP contribution in [0.3, 0.4) is 0 Å². The van der Waals surface area contributed by atoms with Gasteiger partial charge in [0.05, 0.1) is 32.0 Å². The molecule has 4 aliphatic rings. The summed E-state index contributed by atoms with van der Waals surface area (Å²) in [5, 5.41) is -12.7. The van der Waals surface area contributed by atoms with E-state index in [0.717, 1.165) is 0 Å². The van der Waals surface area contributed by atoms with Gasteiger partial charge in [0.2, 0.25) is 0 Å². The number of hydrogen-bond donors (Lipinski definition) is 3. The summed E-state index contributed by atoms with van der Waals surface area (Å²) in [7, 11) is -0.569. The summed E-state index contributed by atoms with van der Waals surface area (Å²) in [4.78, 5) is 20.4. The number of aliphatic imine (C=N–C) groups is 1. The number of carboxylic acid groups (broad SMARTS) is 1. The summed E-state index contributed by atoms with van der Waals surface area (Å²) in [5.41, 5.74) is -22.8. The minimum atomic E-state index is -8.10. The summed E-state index contributed by atoms with van der Waals surface area (Å²) in [6.45, 7) is 0. The van der Waals surface area contributed by atoms with Crippen LogP contribution < -0.4 is 50.2 Å². The molecule has 0 saturated carbocycles. The van der Waals surface area contributed by atoms with Crippen LogP contribution >= 0.6 is 11.3 Å². The molecule has 724 valence electrons. The number of amidine groups is 3. The van der Waals surface area contributed by atoms with E-state index in [-0.39, 0.29) is 49.5 Å². The molecule has 1 atom stereocenters. The first-order chi connectivity index (χ1) is 59.8. The van der Waals surface area contributed by atoms with E-state index in [0.29, 0.717) is 0 Å². The van der Waals surface area contributed by atoms with Crippen LogP contribution in [0, 0.1) is 0 Å². The summed E-state index contributed by atoms with van der Waals surface area (Å²) in [6, 6.07) is -2.44. The largest absolute Gasteiger partial charge is 0.478 e. The van der Waals surface area contributed by atoms with Crippen LogP contribution in [-0.2, 0) is 25.1 Å². The third-order valence-electron chi connectivity index (χ3n) is 19.4. The van der Waals surface area contributed by atoms with Crippen LogP contribution in [-0.4, -0.2) is 163 Å². The monoisotopic (exact) mass is 2030 g/mol. The second kappa shape index (κ2) is 29.1. The first-order valence-electron chi connectivity index (χ1n) is 33.8. The number of alkyl halides is 48. The van der Waals surface area contributed by atoms with Gasteiger partial charge in [-0.2, -0.15) is 221 Å². The lowest BCUT2D eigenvalue weighted by molar-refractivity contribution is -0.786. The molecule has 0 saturated heterocycles. The SMILES string of the molecule is Cn1c2c3c(OC(F)(C(F)(F)F)C(F)(F)F)c4ccccc4c(OC(F)(C(F)(F)F)C(F)(F)F)c3c1NC1c3c(c(OC(F)(C(F)(F)F)C(F)(F)F)c4ccccc4c3OC(F)(C(F)(F)F)C(F)(F)F)C3=[N+]1N[N+]1=C(N=c4c5sc(C=C(C(=O)O)C(F)(F)F)c(C(F)(F)F)c5c(n4C)=N3)c3c(c(OC(F)(C(F)(F)F)C(F)(F)F)c4ccccc4c3OC(F)(C(F)(F)F)C(F)(F)F)C1=N2. The highest BCUT2D eigenvalue weighted by Gasteiger charge is 2.83. The van der Waals surface area contributed by atoms with E-state index in [1.165, 1.54) is 10.9 Å².